The predicted octanol–water partition coefficient (Wildman–Crippen LogP) is 5.04. The largest absolute Gasteiger partial charge is 0.414 e. The number of nitrogens with zero attached hydrogens (tertiary/aromatic N) is 2. The van der Waals surface area contributed by atoms with E-state index in [2.05, 4.69) is 4.90 Å². The first-order chi connectivity index (χ1) is 14.1. The van der Waals surface area contributed by atoms with Gasteiger partial charge in [-0.1, -0.05) is 42.5 Å². The van der Waals surface area contributed by atoms with Crippen LogP contribution < -0.4 is 0 Å². The first kappa shape index (κ1) is 22.3. The number of rotatable bonds is 6. The van der Waals surface area contributed by atoms with Gasteiger partial charge in [0.15, 0.2) is 6.10 Å². The summed E-state index contributed by atoms with van der Waals surface area (Å²) >= 11 is 0. The average molecular weight is 416 g/mol. The summed E-state index contributed by atoms with van der Waals surface area (Å²) in [7, 11) is 0. The Morgan fingerprint density at radius 1 is 1.10 bits per heavy atom. The molecular weight excluding hydrogens is 389 g/mol. The van der Waals surface area contributed by atoms with Crippen molar-refractivity contribution in [3.63, 3.8) is 0 Å². The Hall–Kier alpha value is -2.36. The van der Waals surface area contributed by atoms with Crippen LogP contribution in [-0.2, 0) is 12.0 Å². The number of aryl methyl sites for hydroxylation is 1. The van der Waals surface area contributed by atoms with Crippen molar-refractivity contribution in [2.24, 2.45) is 5.41 Å². The van der Waals surface area contributed by atoms with E-state index in [1.165, 1.54) is 0 Å². The molecule has 30 heavy (non-hydrogen) atoms. The van der Waals surface area contributed by atoms with E-state index in [4.69, 9.17) is 5.26 Å². The topological polar surface area (TPSA) is 47.3 Å². The minimum absolute atomic E-state index is 0.172. The Labute approximate surface area is 175 Å². The molecule has 1 saturated heterocycles. The highest BCUT2D eigenvalue weighted by Crippen LogP contribution is 2.47. The fourth-order valence-corrected chi connectivity index (χ4v) is 4.45. The van der Waals surface area contributed by atoms with Gasteiger partial charge in [-0.15, -0.1) is 0 Å². The van der Waals surface area contributed by atoms with Crippen LogP contribution in [0.2, 0.25) is 0 Å². The molecule has 1 unspecified atom stereocenters. The second-order valence-corrected chi connectivity index (χ2v) is 8.71. The molecule has 1 fully saturated rings. The van der Waals surface area contributed by atoms with Crippen LogP contribution in [0.1, 0.15) is 43.4 Å². The lowest BCUT2D eigenvalue weighted by Crippen LogP contribution is -2.49. The lowest BCUT2D eigenvalue weighted by molar-refractivity contribution is -0.239. The Kier molecular flexibility index (Phi) is 6.26. The molecule has 6 heteroatoms. The number of hydrogen-bond acceptors (Lipinski definition) is 3. The Morgan fingerprint density at radius 2 is 1.73 bits per heavy atom. The second-order valence-electron chi connectivity index (χ2n) is 8.71. The highest BCUT2D eigenvalue weighted by molar-refractivity contribution is 5.31. The van der Waals surface area contributed by atoms with E-state index in [0.717, 1.165) is 11.1 Å². The van der Waals surface area contributed by atoms with Gasteiger partial charge in [-0.2, -0.15) is 18.4 Å². The monoisotopic (exact) mass is 416 g/mol. The van der Waals surface area contributed by atoms with E-state index in [9.17, 15) is 18.3 Å². The normalized spacial score (nSPS) is 21.4. The maximum atomic E-state index is 13.6. The van der Waals surface area contributed by atoms with Gasteiger partial charge in [0.2, 0.25) is 0 Å². The van der Waals surface area contributed by atoms with E-state index in [-0.39, 0.29) is 19.4 Å². The molecule has 0 aromatic heterocycles. The van der Waals surface area contributed by atoms with Gasteiger partial charge in [0.05, 0.1) is 11.6 Å². The molecule has 0 amide bonds. The average Bonchev–Trinajstić information content (AvgIpc) is 3.18. The van der Waals surface area contributed by atoms with E-state index in [0.29, 0.717) is 18.5 Å². The minimum Gasteiger partial charge on any atom is -0.383 e. The van der Waals surface area contributed by atoms with E-state index >= 15 is 0 Å². The number of aliphatic hydroxyl groups is 1. The van der Waals surface area contributed by atoms with Crippen LogP contribution in [0, 0.1) is 16.7 Å². The van der Waals surface area contributed by atoms with Gasteiger partial charge in [0.1, 0.15) is 0 Å². The lowest BCUT2D eigenvalue weighted by atomic mass is 9.75. The Bertz CT molecular complexity index is 887. The highest BCUT2D eigenvalue weighted by Gasteiger charge is 2.56. The summed E-state index contributed by atoms with van der Waals surface area (Å²) < 4.78 is 40.8. The van der Waals surface area contributed by atoms with E-state index in [1.54, 1.807) is 24.3 Å². The number of hydrogen-bond donors (Lipinski definition) is 1. The molecule has 3 nitrogen and oxygen atoms in total. The zero-order valence-corrected chi connectivity index (χ0v) is 17.3. The third-order valence-electron chi connectivity index (χ3n) is 6.54. The maximum Gasteiger partial charge on any atom is 0.414 e. The van der Waals surface area contributed by atoms with Gasteiger partial charge in [0, 0.05) is 17.5 Å². The maximum absolute atomic E-state index is 13.6. The van der Waals surface area contributed by atoms with Crippen LogP contribution in [0.5, 0.6) is 0 Å². The predicted molar refractivity (Wildman–Crippen MR) is 110 cm³/mol. The lowest BCUT2D eigenvalue weighted by Gasteiger charge is -2.40. The third kappa shape index (κ3) is 4.53. The zero-order chi connectivity index (χ0) is 22.0. The number of likely N-dealkylation sites (tertiary alicyclic amines) is 1. The quantitative estimate of drug-likeness (QED) is 0.718. The summed E-state index contributed by atoms with van der Waals surface area (Å²) in [6.07, 6.45) is -6.13. The van der Waals surface area contributed by atoms with Gasteiger partial charge in [-0.25, -0.2) is 0 Å². The highest BCUT2D eigenvalue weighted by atomic mass is 19.4. The minimum atomic E-state index is -4.67. The summed E-state index contributed by atoms with van der Waals surface area (Å²) in [6.45, 7) is 4.69. The van der Waals surface area contributed by atoms with Crippen molar-refractivity contribution in [1.29, 1.82) is 5.26 Å². The third-order valence-corrected chi connectivity index (χ3v) is 6.54. The summed E-state index contributed by atoms with van der Waals surface area (Å²) in [4.78, 5) is 2.05. The number of benzene rings is 2. The van der Waals surface area contributed by atoms with Crippen LogP contribution in [0.4, 0.5) is 13.2 Å². The summed E-state index contributed by atoms with van der Waals surface area (Å²) in [6, 6.07) is 18.7. The second kappa shape index (κ2) is 8.41. The molecule has 0 saturated carbocycles. The standard InChI is InChI=1S/C24H27F3N2O/c1-22(2,20-6-4-3-5-7-20)29-15-14-23(17-29,21(30)24(25,26)27)13-12-18-8-10-19(16-28)11-9-18/h3-11,21,30H,12-15,17H2,1-2H3/t21?,23-/m0/s1. The van der Waals surface area contributed by atoms with Crippen LogP contribution in [0.15, 0.2) is 54.6 Å². The van der Waals surface area contributed by atoms with Crippen LogP contribution in [0.3, 0.4) is 0 Å². The number of aliphatic hydroxyl groups excluding tert-OH is 1. The number of halogens is 3. The molecule has 2 atom stereocenters. The van der Waals surface area contributed by atoms with Crippen molar-refractivity contribution >= 4 is 0 Å². The van der Waals surface area contributed by atoms with Gasteiger partial charge in [0.25, 0.3) is 0 Å². The zero-order valence-electron chi connectivity index (χ0n) is 17.3. The molecule has 2 aromatic rings. The molecule has 0 bridgehead atoms. The van der Waals surface area contributed by atoms with Gasteiger partial charge in [-0.3, -0.25) is 4.90 Å². The van der Waals surface area contributed by atoms with Crippen LogP contribution in [-0.4, -0.2) is 35.4 Å². The molecule has 0 aliphatic carbocycles. The molecule has 1 aliphatic heterocycles. The van der Waals surface area contributed by atoms with E-state index in [1.807, 2.05) is 50.2 Å². The molecule has 1 aliphatic rings. The van der Waals surface area contributed by atoms with E-state index < -0.39 is 23.2 Å². The molecular formula is C24H27F3N2O. The molecule has 160 valence electrons. The number of alkyl halides is 3. The Balaban J connectivity index is 1.83. The first-order valence-electron chi connectivity index (χ1n) is 10.1. The van der Waals surface area contributed by atoms with Gasteiger partial charge in [-0.05, 0) is 62.9 Å². The Morgan fingerprint density at radius 3 is 2.30 bits per heavy atom. The summed E-state index contributed by atoms with van der Waals surface area (Å²) in [5.41, 5.74) is 0.708. The van der Waals surface area contributed by atoms with Crippen molar-refractivity contribution in [2.75, 3.05) is 13.1 Å². The summed E-state index contributed by atoms with van der Waals surface area (Å²) in [5.74, 6) is 0. The molecule has 1 heterocycles. The van der Waals surface area contributed by atoms with Crippen LogP contribution in [0.25, 0.3) is 0 Å². The van der Waals surface area contributed by atoms with Crippen molar-refractivity contribution in [2.45, 2.75) is 50.9 Å². The van der Waals surface area contributed by atoms with Crippen molar-refractivity contribution in [3.8, 4) is 6.07 Å². The van der Waals surface area contributed by atoms with Crippen molar-refractivity contribution in [3.05, 3.63) is 71.3 Å². The van der Waals surface area contributed by atoms with Gasteiger partial charge >= 0.3 is 6.18 Å². The smallest absolute Gasteiger partial charge is 0.383 e. The van der Waals surface area contributed by atoms with Crippen molar-refractivity contribution < 1.29 is 18.3 Å². The fourth-order valence-electron chi connectivity index (χ4n) is 4.45. The fraction of sp³-hybridized carbons (Fsp3) is 0.458. The number of nitriles is 1. The van der Waals surface area contributed by atoms with Crippen LogP contribution >= 0.6 is 0 Å². The molecule has 2 aromatic carbocycles. The molecule has 3 rings (SSSR count). The first-order valence-corrected chi connectivity index (χ1v) is 10.1. The molecule has 0 radical (unpaired) electrons. The SMILES string of the molecule is CC(C)(c1ccccc1)N1CC[C@](CCc2ccc(C#N)cc2)(C(O)C(F)(F)F)C1. The van der Waals surface area contributed by atoms with Crippen molar-refractivity contribution in [1.82, 2.24) is 4.90 Å². The molecule has 0 spiro atoms. The molecule has 1 N–H and O–H groups in total. The summed E-state index contributed by atoms with van der Waals surface area (Å²) in [5, 5.41) is 19.3. The van der Waals surface area contributed by atoms with Gasteiger partial charge < -0.3 is 5.11 Å².